The van der Waals surface area contributed by atoms with E-state index in [0.717, 1.165) is 19.3 Å². The number of aliphatic hydroxyl groups excluding tert-OH is 1. The van der Waals surface area contributed by atoms with Gasteiger partial charge < -0.3 is 5.11 Å². The minimum absolute atomic E-state index is 0.185. The van der Waals surface area contributed by atoms with Gasteiger partial charge in [-0.3, -0.25) is 4.18 Å². The Kier molecular flexibility index (Phi) is 17.2. The van der Waals surface area contributed by atoms with Crippen LogP contribution in [-0.4, -0.2) is 26.1 Å². The summed E-state index contributed by atoms with van der Waals surface area (Å²) < 4.78 is 26.4. The monoisotopic (exact) mass is 362 g/mol. The molecule has 0 amide bonds. The highest BCUT2D eigenvalue weighted by Gasteiger charge is 2.07. The van der Waals surface area contributed by atoms with Gasteiger partial charge in [-0.1, -0.05) is 76.9 Å². The second-order valence-electron chi connectivity index (χ2n) is 6.45. The van der Waals surface area contributed by atoms with Crippen LogP contribution in [0.1, 0.15) is 96.8 Å². The standard InChI is InChI=1S/C19H38O4S/c1-2-3-4-5-6-7-8-9-10-11-12-13-14-15-16-17-18-23-24(21,22)19-20/h9-10,20H,2-8,11-19H2,1H3/b10-9-. The first-order valence-corrected chi connectivity index (χ1v) is 11.3. The normalized spacial score (nSPS) is 12.2. The molecule has 0 rings (SSSR count). The summed E-state index contributed by atoms with van der Waals surface area (Å²) in [4.78, 5) is 0. The highest BCUT2D eigenvalue weighted by Crippen LogP contribution is 2.10. The van der Waals surface area contributed by atoms with Crippen LogP contribution < -0.4 is 0 Å². The van der Waals surface area contributed by atoms with Crippen LogP contribution >= 0.6 is 0 Å². The minimum atomic E-state index is -3.69. The number of hydrogen-bond acceptors (Lipinski definition) is 4. The predicted octanol–water partition coefficient (Wildman–Crippen LogP) is 5.32. The Morgan fingerprint density at radius 1 is 0.750 bits per heavy atom. The summed E-state index contributed by atoms with van der Waals surface area (Å²) in [6.45, 7) is 2.44. The van der Waals surface area contributed by atoms with Crippen LogP contribution in [0.5, 0.6) is 0 Å². The lowest BCUT2D eigenvalue weighted by molar-refractivity contribution is 0.272. The summed E-state index contributed by atoms with van der Waals surface area (Å²) >= 11 is 0. The molecule has 0 fully saturated rings. The lowest BCUT2D eigenvalue weighted by Gasteiger charge is -2.03. The maximum Gasteiger partial charge on any atom is 0.291 e. The van der Waals surface area contributed by atoms with Gasteiger partial charge in [0, 0.05) is 0 Å². The molecule has 4 nitrogen and oxygen atoms in total. The Balaban J connectivity index is 3.18. The lowest BCUT2D eigenvalue weighted by Crippen LogP contribution is -2.10. The molecule has 24 heavy (non-hydrogen) atoms. The molecule has 0 bridgehead atoms. The summed E-state index contributed by atoms with van der Waals surface area (Å²) in [6, 6.07) is 0. The smallest absolute Gasteiger partial charge is 0.291 e. The number of allylic oxidation sites excluding steroid dienone is 2. The summed E-state index contributed by atoms with van der Waals surface area (Å²) in [5.41, 5.74) is 0. The van der Waals surface area contributed by atoms with E-state index in [1.54, 1.807) is 0 Å². The number of rotatable bonds is 18. The fourth-order valence-electron chi connectivity index (χ4n) is 2.57. The van der Waals surface area contributed by atoms with Crippen LogP contribution in [0.4, 0.5) is 0 Å². The SMILES string of the molecule is CCCCCCCC/C=C\CCCCCCCCOS(=O)(=O)CO. The molecular formula is C19H38O4S. The zero-order valence-corrected chi connectivity index (χ0v) is 16.4. The first-order chi connectivity index (χ1) is 11.6. The van der Waals surface area contributed by atoms with Crippen LogP contribution in [0.2, 0.25) is 0 Å². The molecule has 0 aromatic carbocycles. The highest BCUT2D eigenvalue weighted by molar-refractivity contribution is 7.86. The second kappa shape index (κ2) is 17.4. The first-order valence-electron chi connectivity index (χ1n) is 9.75. The summed E-state index contributed by atoms with van der Waals surface area (Å²) in [6.07, 6.45) is 21.7. The average molecular weight is 363 g/mol. The maximum absolute atomic E-state index is 10.9. The molecule has 5 heteroatoms. The molecule has 0 radical (unpaired) electrons. The van der Waals surface area contributed by atoms with Crippen LogP contribution in [0, 0.1) is 0 Å². The van der Waals surface area contributed by atoms with Gasteiger partial charge in [0.25, 0.3) is 10.1 Å². The molecule has 144 valence electrons. The van der Waals surface area contributed by atoms with E-state index in [1.165, 1.54) is 70.6 Å². The fourth-order valence-corrected chi connectivity index (χ4v) is 3.02. The van der Waals surface area contributed by atoms with Gasteiger partial charge in [0.05, 0.1) is 6.61 Å². The van der Waals surface area contributed by atoms with E-state index >= 15 is 0 Å². The molecule has 0 aliphatic heterocycles. The number of hydrogen-bond donors (Lipinski definition) is 1. The zero-order chi connectivity index (χ0) is 17.9. The van der Waals surface area contributed by atoms with Gasteiger partial charge in [0.15, 0.2) is 5.94 Å². The minimum Gasteiger partial charge on any atom is -0.378 e. The average Bonchev–Trinajstić information content (AvgIpc) is 2.57. The van der Waals surface area contributed by atoms with Gasteiger partial charge in [0.1, 0.15) is 0 Å². The molecule has 0 atom stereocenters. The second-order valence-corrected chi connectivity index (χ2v) is 8.06. The van der Waals surface area contributed by atoms with Gasteiger partial charge >= 0.3 is 0 Å². The molecule has 0 aromatic heterocycles. The number of unbranched alkanes of at least 4 members (excludes halogenated alkanes) is 12. The maximum atomic E-state index is 10.9. The van der Waals surface area contributed by atoms with Crippen molar-refractivity contribution in [3.63, 3.8) is 0 Å². The summed E-state index contributed by atoms with van der Waals surface area (Å²) in [5.74, 6) is -0.931. The van der Waals surface area contributed by atoms with Gasteiger partial charge in [-0.15, -0.1) is 0 Å². The van der Waals surface area contributed by atoms with E-state index in [0.29, 0.717) is 0 Å². The van der Waals surface area contributed by atoms with Crippen molar-refractivity contribution in [2.45, 2.75) is 96.8 Å². The molecule has 0 saturated heterocycles. The predicted molar refractivity (Wildman–Crippen MR) is 101 cm³/mol. The van der Waals surface area contributed by atoms with Crippen molar-refractivity contribution < 1.29 is 17.7 Å². The third-order valence-corrected chi connectivity index (χ3v) is 4.92. The van der Waals surface area contributed by atoms with Crippen molar-refractivity contribution in [3.8, 4) is 0 Å². The molecule has 0 aliphatic rings. The molecule has 0 heterocycles. The van der Waals surface area contributed by atoms with Crippen molar-refractivity contribution in [3.05, 3.63) is 12.2 Å². The van der Waals surface area contributed by atoms with Gasteiger partial charge in [-0.2, -0.15) is 8.42 Å². The van der Waals surface area contributed by atoms with E-state index in [2.05, 4.69) is 23.3 Å². The molecule has 0 saturated carbocycles. The number of aliphatic hydroxyl groups is 1. The van der Waals surface area contributed by atoms with Crippen LogP contribution in [0.3, 0.4) is 0 Å². The third kappa shape index (κ3) is 18.0. The van der Waals surface area contributed by atoms with Crippen molar-refractivity contribution in [2.75, 3.05) is 12.5 Å². The van der Waals surface area contributed by atoms with Crippen LogP contribution in [0.15, 0.2) is 12.2 Å². The fraction of sp³-hybridized carbons (Fsp3) is 0.895. The Labute approximate surface area is 149 Å². The van der Waals surface area contributed by atoms with E-state index < -0.39 is 16.1 Å². The molecule has 0 aromatic rings. The van der Waals surface area contributed by atoms with Gasteiger partial charge in [-0.25, -0.2) is 0 Å². The Hall–Kier alpha value is -0.390. The lowest BCUT2D eigenvalue weighted by atomic mass is 10.1. The Morgan fingerprint density at radius 2 is 1.21 bits per heavy atom. The molecule has 1 N–H and O–H groups in total. The molecule has 0 spiro atoms. The first kappa shape index (κ1) is 23.6. The van der Waals surface area contributed by atoms with Crippen LogP contribution in [0.25, 0.3) is 0 Å². The molecular weight excluding hydrogens is 324 g/mol. The van der Waals surface area contributed by atoms with E-state index in [-0.39, 0.29) is 6.61 Å². The van der Waals surface area contributed by atoms with Crippen LogP contribution in [-0.2, 0) is 14.3 Å². The zero-order valence-electron chi connectivity index (χ0n) is 15.5. The van der Waals surface area contributed by atoms with Crippen molar-refractivity contribution >= 4 is 10.1 Å². The van der Waals surface area contributed by atoms with E-state index in [4.69, 9.17) is 5.11 Å². The summed E-state index contributed by atoms with van der Waals surface area (Å²) in [7, 11) is -3.69. The van der Waals surface area contributed by atoms with E-state index in [1.807, 2.05) is 0 Å². The Bertz CT molecular complexity index is 377. The van der Waals surface area contributed by atoms with Gasteiger partial charge in [0.2, 0.25) is 0 Å². The van der Waals surface area contributed by atoms with Crippen molar-refractivity contribution in [2.24, 2.45) is 0 Å². The molecule has 0 unspecified atom stereocenters. The van der Waals surface area contributed by atoms with E-state index in [9.17, 15) is 8.42 Å². The third-order valence-electron chi connectivity index (χ3n) is 4.08. The van der Waals surface area contributed by atoms with Crippen molar-refractivity contribution in [1.29, 1.82) is 0 Å². The van der Waals surface area contributed by atoms with Crippen molar-refractivity contribution in [1.82, 2.24) is 0 Å². The Morgan fingerprint density at radius 3 is 1.71 bits per heavy atom. The highest BCUT2D eigenvalue weighted by atomic mass is 32.2. The van der Waals surface area contributed by atoms with Gasteiger partial charge in [-0.05, 0) is 32.1 Å². The summed E-state index contributed by atoms with van der Waals surface area (Å²) in [5, 5.41) is 8.51. The molecule has 0 aliphatic carbocycles. The largest absolute Gasteiger partial charge is 0.378 e. The quantitative estimate of drug-likeness (QED) is 0.204. The topological polar surface area (TPSA) is 63.6 Å².